The number of hydrogen-bond acceptors (Lipinski definition) is 3. The van der Waals surface area contributed by atoms with Gasteiger partial charge >= 0.3 is 0 Å². The van der Waals surface area contributed by atoms with E-state index >= 15 is 0 Å². The summed E-state index contributed by atoms with van der Waals surface area (Å²) >= 11 is 0. The largest absolute Gasteiger partial charge is 0.481 e. The maximum Gasteiger partial charge on any atom is 0.216 e. The fraction of sp³-hybridized carbons (Fsp3) is 0.733. The molecular formula is C15H29N5O. The number of guanidine groups is 1. The van der Waals surface area contributed by atoms with Crippen molar-refractivity contribution >= 4 is 5.96 Å². The van der Waals surface area contributed by atoms with E-state index in [4.69, 9.17) is 10.5 Å². The van der Waals surface area contributed by atoms with Gasteiger partial charge in [-0.3, -0.25) is 0 Å². The van der Waals surface area contributed by atoms with Crippen LogP contribution in [0.25, 0.3) is 0 Å². The Hall–Kier alpha value is -1.72. The first-order valence-electron chi connectivity index (χ1n) is 7.76. The van der Waals surface area contributed by atoms with Crippen LogP contribution in [0.1, 0.15) is 50.8 Å². The van der Waals surface area contributed by atoms with E-state index in [1.807, 2.05) is 7.05 Å². The topological polar surface area (TPSA) is 77.5 Å². The highest BCUT2D eigenvalue weighted by Crippen LogP contribution is 2.22. The van der Waals surface area contributed by atoms with Crippen molar-refractivity contribution in [2.24, 2.45) is 17.8 Å². The number of nitrogens with one attached hydrogen (secondary N) is 1. The predicted molar refractivity (Wildman–Crippen MR) is 86.6 cm³/mol. The van der Waals surface area contributed by atoms with Gasteiger partial charge in [-0.15, -0.1) is 0 Å². The van der Waals surface area contributed by atoms with Crippen molar-refractivity contribution in [3.05, 3.63) is 11.3 Å². The summed E-state index contributed by atoms with van der Waals surface area (Å²) in [5.74, 6) is 1.24. The fourth-order valence-corrected chi connectivity index (χ4v) is 2.29. The average Bonchev–Trinajstić information content (AvgIpc) is 2.79. The van der Waals surface area contributed by atoms with E-state index < -0.39 is 0 Å². The van der Waals surface area contributed by atoms with Crippen molar-refractivity contribution in [1.29, 1.82) is 0 Å². The molecule has 120 valence electrons. The Balaban J connectivity index is 2.54. The van der Waals surface area contributed by atoms with Crippen LogP contribution in [-0.2, 0) is 20.0 Å². The fourth-order valence-electron chi connectivity index (χ4n) is 2.29. The molecule has 0 aliphatic heterocycles. The summed E-state index contributed by atoms with van der Waals surface area (Å²) in [4.78, 5) is 4.39. The van der Waals surface area contributed by atoms with E-state index in [9.17, 15) is 0 Å². The van der Waals surface area contributed by atoms with Gasteiger partial charge < -0.3 is 15.8 Å². The molecule has 1 heterocycles. The van der Waals surface area contributed by atoms with Crippen LogP contribution in [-0.4, -0.2) is 29.4 Å². The maximum absolute atomic E-state index is 5.90. The van der Waals surface area contributed by atoms with Crippen molar-refractivity contribution in [2.75, 3.05) is 13.7 Å². The van der Waals surface area contributed by atoms with Gasteiger partial charge in [-0.25, -0.2) is 9.67 Å². The number of ether oxygens (including phenoxy) is 1. The molecule has 0 atom stereocenters. The Morgan fingerprint density at radius 2 is 2.10 bits per heavy atom. The van der Waals surface area contributed by atoms with E-state index in [1.165, 1.54) is 19.3 Å². The molecule has 21 heavy (non-hydrogen) atoms. The number of aryl methyl sites for hydroxylation is 2. The first-order chi connectivity index (χ1) is 10.1. The average molecular weight is 295 g/mol. The Bertz CT molecular complexity index is 453. The lowest BCUT2D eigenvalue weighted by molar-refractivity contribution is 0.369. The zero-order valence-electron chi connectivity index (χ0n) is 13.8. The number of aromatic nitrogens is 2. The second-order valence-corrected chi connectivity index (χ2v) is 5.10. The standard InChI is InChI=1S/C15H29N5O/c1-5-7-8-9-10-17-15(16)18-11-12-13(6-2)19-20(3)14(12)21-4/h5-11H2,1-4H3,(H3,16,17,18). The van der Waals surface area contributed by atoms with Gasteiger partial charge in [0.1, 0.15) is 0 Å². The normalized spacial score (nSPS) is 11.7. The molecule has 1 aromatic rings. The van der Waals surface area contributed by atoms with Crippen molar-refractivity contribution in [2.45, 2.75) is 52.5 Å². The molecular weight excluding hydrogens is 266 g/mol. The molecule has 0 unspecified atom stereocenters. The lowest BCUT2D eigenvalue weighted by Crippen LogP contribution is -2.32. The summed E-state index contributed by atoms with van der Waals surface area (Å²) in [5, 5.41) is 7.59. The zero-order valence-corrected chi connectivity index (χ0v) is 13.8. The molecule has 0 spiro atoms. The van der Waals surface area contributed by atoms with Crippen molar-refractivity contribution < 1.29 is 4.74 Å². The maximum atomic E-state index is 5.90. The first kappa shape index (κ1) is 17.3. The molecule has 0 fully saturated rings. The molecule has 1 rings (SSSR count). The van der Waals surface area contributed by atoms with Gasteiger partial charge in [0, 0.05) is 13.6 Å². The van der Waals surface area contributed by atoms with Crippen LogP contribution in [0.15, 0.2) is 4.99 Å². The molecule has 0 amide bonds. The van der Waals surface area contributed by atoms with Crippen molar-refractivity contribution in [3.8, 4) is 5.88 Å². The van der Waals surface area contributed by atoms with Gasteiger partial charge in [-0.1, -0.05) is 33.1 Å². The number of nitrogens with two attached hydrogens (primary N) is 1. The number of unbranched alkanes of at least 4 members (excludes halogenated alkanes) is 3. The molecule has 0 radical (unpaired) electrons. The minimum atomic E-state index is 0.486. The van der Waals surface area contributed by atoms with Gasteiger partial charge in [0.25, 0.3) is 0 Å². The van der Waals surface area contributed by atoms with E-state index in [1.54, 1.807) is 11.8 Å². The number of methoxy groups -OCH3 is 1. The second kappa shape index (κ2) is 9.26. The lowest BCUT2D eigenvalue weighted by atomic mass is 10.2. The monoisotopic (exact) mass is 295 g/mol. The Kier molecular flexibility index (Phi) is 7.64. The van der Waals surface area contributed by atoms with Gasteiger partial charge in [0.15, 0.2) is 5.96 Å². The molecule has 0 aliphatic rings. The third-order valence-corrected chi connectivity index (χ3v) is 3.44. The molecule has 6 heteroatoms. The summed E-state index contributed by atoms with van der Waals surface area (Å²) in [7, 11) is 3.53. The second-order valence-electron chi connectivity index (χ2n) is 5.10. The van der Waals surface area contributed by atoms with Crippen LogP contribution in [0.2, 0.25) is 0 Å². The summed E-state index contributed by atoms with van der Waals surface area (Å²) in [6.07, 6.45) is 5.72. The molecule has 3 N–H and O–H groups in total. The molecule has 6 nitrogen and oxygen atoms in total. The molecule has 0 bridgehead atoms. The summed E-state index contributed by atoms with van der Waals surface area (Å²) < 4.78 is 7.13. The summed E-state index contributed by atoms with van der Waals surface area (Å²) in [6.45, 7) is 5.65. The zero-order chi connectivity index (χ0) is 15.7. The van der Waals surface area contributed by atoms with E-state index in [2.05, 4.69) is 29.3 Å². The number of aliphatic imine (C=N–C) groups is 1. The molecule has 0 aliphatic carbocycles. The Labute approximate surface area is 127 Å². The summed E-state index contributed by atoms with van der Waals surface area (Å²) in [6, 6.07) is 0. The number of nitrogens with zero attached hydrogens (tertiary/aromatic N) is 3. The minimum Gasteiger partial charge on any atom is -0.481 e. The number of hydrogen-bond donors (Lipinski definition) is 2. The van der Waals surface area contributed by atoms with Crippen LogP contribution >= 0.6 is 0 Å². The van der Waals surface area contributed by atoms with Crippen LogP contribution in [0, 0.1) is 0 Å². The van der Waals surface area contributed by atoms with Crippen molar-refractivity contribution in [1.82, 2.24) is 15.1 Å². The minimum absolute atomic E-state index is 0.486. The van der Waals surface area contributed by atoms with E-state index in [-0.39, 0.29) is 0 Å². The Morgan fingerprint density at radius 1 is 1.33 bits per heavy atom. The summed E-state index contributed by atoms with van der Waals surface area (Å²) in [5.41, 5.74) is 7.92. The first-order valence-corrected chi connectivity index (χ1v) is 7.76. The van der Waals surface area contributed by atoms with Gasteiger partial charge in [0.2, 0.25) is 5.88 Å². The molecule has 0 saturated heterocycles. The molecule has 1 aromatic heterocycles. The van der Waals surface area contributed by atoms with Gasteiger partial charge in [0.05, 0.1) is 24.9 Å². The highest BCUT2D eigenvalue weighted by molar-refractivity contribution is 5.77. The third-order valence-electron chi connectivity index (χ3n) is 3.44. The van der Waals surface area contributed by atoms with Gasteiger partial charge in [-0.2, -0.15) is 5.10 Å². The van der Waals surface area contributed by atoms with Crippen LogP contribution in [0.5, 0.6) is 5.88 Å². The molecule has 0 aromatic carbocycles. The lowest BCUT2D eigenvalue weighted by Gasteiger charge is -2.06. The van der Waals surface area contributed by atoms with Crippen LogP contribution in [0.4, 0.5) is 0 Å². The highest BCUT2D eigenvalue weighted by Gasteiger charge is 2.14. The van der Waals surface area contributed by atoms with Crippen LogP contribution < -0.4 is 15.8 Å². The van der Waals surface area contributed by atoms with Crippen molar-refractivity contribution in [3.63, 3.8) is 0 Å². The predicted octanol–water partition coefficient (Wildman–Crippen LogP) is 1.98. The van der Waals surface area contributed by atoms with Crippen LogP contribution in [0.3, 0.4) is 0 Å². The third kappa shape index (κ3) is 5.28. The molecule has 0 saturated carbocycles. The van der Waals surface area contributed by atoms with E-state index in [0.29, 0.717) is 12.5 Å². The number of rotatable bonds is 9. The quantitative estimate of drug-likeness (QED) is 0.415. The van der Waals surface area contributed by atoms with E-state index in [0.717, 1.165) is 36.5 Å². The van der Waals surface area contributed by atoms with Gasteiger partial charge in [-0.05, 0) is 12.8 Å². The highest BCUT2D eigenvalue weighted by atomic mass is 16.5. The smallest absolute Gasteiger partial charge is 0.216 e. The Morgan fingerprint density at radius 3 is 2.71 bits per heavy atom. The SMILES string of the molecule is CCCCCCNC(N)=NCc1c(CC)nn(C)c1OC.